The van der Waals surface area contributed by atoms with E-state index in [0.717, 1.165) is 19.3 Å². The number of benzene rings is 1. The third-order valence-corrected chi connectivity index (χ3v) is 5.51. The first-order valence-electron chi connectivity index (χ1n) is 7.32. The van der Waals surface area contributed by atoms with Gasteiger partial charge in [-0.1, -0.05) is 20.3 Å². The molecule has 1 saturated heterocycles. The molecule has 1 aromatic carbocycles. The Bertz CT molecular complexity index is 588. The first-order valence-corrected chi connectivity index (χ1v) is 8.76. The summed E-state index contributed by atoms with van der Waals surface area (Å²) in [5, 5.41) is 2.75. The molecule has 0 atom stereocenters. The Morgan fingerprint density at radius 1 is 1.10 bits per heavy atom. The van der Waals surface area contributed by atoms with E-state index in [1.807, 2.05) is 13.8 Å². The molecule has 0 saturated carbocycles. The summed E-state index contributed by atoms with van der Waals surface area (Å²) in [6.07, 6.45) is 2.93. The summed E-state index contributed by atoms with van der Waals surface area (Å²) in [5.41, 5.74) is 0.617. The number of sulfonamides is 1. The van der Waals surface area contributed by atoms with Crippen molar-refractivity contribution in [3.63, 3.8) is 0 Å². The van der Waals surface area contributed by atoms with E-state index < -0.39 is 10.0 Å². The zero-order valence-corrected chi connectivity index (χ0v) is 13.3. The molecule has 21 heavy (non-hydrogen) atoms. The molecule has 0 radical (unpaired) electrons. The summed E-state index contributed by atoms with van der Waals surface area (Å²) in [6.45, 7) is 4.80. The highest BCUT2D eigenvalue weighted by molar-refractivity contribution is 7.89. The van der Waals surface area contributed by atoms with Crippen LogP contribution in [0.2, 0.25) is 0 Å². The van der Waals surface area contributed by atoms with Crippen LogP contribution in [0.3, 0.4) is 0 Å². The lowest BCUT2D eigenvalue weighted by atomic mass is 10.2. The molecule has 1 aliphatic rings. The lowest BCUT2D eigenvalue weighted by molar-refractivity contribution is -0.118. The standard InChI is InChI=1S/C15H22N2O3S/c1-12(2)15(18)16-13-6-8-14(9-7-13)21(19,20)17-10-4-3-5-11-17/h6-9,12H,3-5,10-11H2,1-2H3,(H,16,18). The molecule has 0 bridgehead atoms. The van der Waals surface area contributed by atoms with Crippen LogP contribution in [0.15, 0.2) is 29.2 Å². The second kappa shape index (κ2) is 6.58. The van der Waals surface area contributed by atoms with Crippen molar-refractivity contribution < 1.29 is 13.2 Å². The molecule has 116 valence electrons. The van der Waals surface area contributed by atoms with Crippen molar-refractivity contribution in [3.05, 3.63) is 24.3 Å². The Morgan fingerprint density at radius 2 is 1.67 bits per heavy atom. The van der Waals surface area contributed by atoms with E-state index in [2.05, 4.69) is 5.32 Å². The van der Waals surface area contributed by atoms with Crippen molar-refractivity contribution in [2.75, 3.05) is 18.4 Å². The Labute approximate surface area is 126 Å². The highest BCUT2D eigenvalue weighted by atomic mass is 32.2. The average Bonchev–Trinajstić information content (AvgIpc) is 2.48. The molecule has 1 fully saturated rings. The summed E-state index contributed by atoms with van der Waals surface area (Å²) in [6, 6.07) is 6.38. The van der Waals surface area contributed by atoms with Crippen molar-refractivity contribution in [1.29, 1.82) is 0 Å². The Balaban J connectivity index is 2.12. The number of hydrogen-bond donors (Lipinski definition) is 1. The smallest absolute Gasteiger partial charge is 0.243 e. The maximum Gasteiger partial charge on any atom is 0.243 e. The number of anilines is 1. The van der Waals surface area contributed by atoms with Gasteiger partial charge < -0.3 is 5.32 Å². The number of hydrogen-bond acceptors (Lipinski definition) is 3. The fourth-order valence-corrected chi connectivity index (χ4v) is 3.77. The minimum atomic E-state index is -3.40. The van der Waals surface area contributed by atoms with Gasteiger partial charge in [-0.15, -0.1) is 0 Å². The number of rotatable bonds is 4. The maximum atomic E-state index is 12.5. The quantitative estimate of drug-likeness (QED) is 0.929. The van der Waals surface area contributed by atoms with Gasteiger partial charge in [-0.3, -0.25) is 4.79 Å². The largest absolute Gasteiger partial charge is 0.326 e. The zero-order valence-electron chi connectivity index (χ0n) is 12.5. The summed E-state index contributed by atoms with van der Waals surface area (Å²) >= 11 is 0. The van der Waals surface area contributed by atoms with E-state index >= 15 is 0 Å². The third-order valence-electron chi connectivity index (χ3n) is 3.60. The molecule has 0 aliphatic carbocycles. The molecule has 5 nitrogen and oxygen atoms in total. The second-order valence-electron chi connectivity index (χ2n) is 5.63. The number of nitrogens with zero attached hydrogens (tertiary/aromatic N) is 1. The van der Waals surface area contributed by atoms with Crippen molar-refractivity contribution in [3.8, 4) is 0 Å². The molecule has 0 unspecified atom stereocenters. The van der Waals surface area contributed by atoms with Gasteiger partial charge in [0.1, 0.15) is 0 Å². The predicted octanol–water partition coefficient (Wildman–Crippen LogP) is 2.46. The number of carbonyl (C=O) groups is 1. The molecule has 2 rings (SSSR count). The van der Waals surface area contributed by atoms with Crippen LogP contribution >= 0.6 is 0 Å². The summed E-state index contributed by atoms with van der Waals surface area (Å²) in [5.74, 6) is -0.191. The lowest BCUT2D eigenvalue weighted by Gasteiger charge is -2.25. The van der Waals surface area contributed by atoms with Crippen LogP contribution in [0.25, 0.3) is 0 Å². The van der Waals surface area contributed by atoms with Gasteiger partial charge in [-0.2, -0.15) is 4.31 Å². The number of carbonyl (C=O) groups excluding carboxylic acids is 1. The minimum absolute atomic E-state index is 0.0818. The van der Waals surface area contributed by atoms with Crippen molar-refractivity contribution in [2.45, 2.75) is 38.0 Å². The van der Waals surface area contributed by atoms with Gasteiger partial charge in [0, 0.05) is 24.7 Å². The molecule has 1 amide bonds. The van der Waals surface area contributed by atoms with Gasteiger partial charge in [-0.25, -0.2) is 8.42 Å². The number of nitrogens with one attached hydrogen (secondary N) is 1. The molecular weight excluding hydrogens is 288 g/mol. The second-order valence-corrected chi connectivity index (χ2v) is 7.57. The molecular formula is C15H22N2O3S. The van der Waals surface area contributed by atoms with Gasteiger partial charge in [-0.05, 0) is 37.1 Å². The fraction of sp³-hybridized carbons (Fsp3) is 0.533. The lowest BCUT2D eigenvalue weighted by Crippen LogP contribution is -2.35. The molecule has 0 spiro atoms. The van der Waals surface area contributed by atoms with Crippen molar-refractivity contribution in [1.82, 2.24) is 4.31 Å². The molecule has 1 aromatic rings. The predicted molar refractivity (Wildman–Crippen MR) is 82.5 cm³/mol. The van der Waals surface area contributed by atoms with Gasteiger partial charge in [0.05, 0.1) is 4.90 Å². The van der Waals surface area contributed by atoms with Crippen LogP contribution in [0.5, 0.6) is 0 Å². The molecule has 0 aromatic heterocycles. The van der Waals surface area contributed by atoms with E-state index in [9.17, 15) is 13.2 Å². The Kier molecular flexibility index (Phi) is 5.00. The van der Waals surface area contributed by atoms with Gasteiger partial charge in [0.15, 0.2) is 0 Å². The summed E-state index contributed by atoms with van der Waals surface area (Å²) < 4.78 is 26.5. The van der Waals surface area contributed by atoms with Gasteiger partial charge in [0.25, 0.3) is 0 Å². The molecule has 1 heterocycles. The monoisotopic (exact) mass is 310 g/mol. The zero-order chi connectivity index (χ0) is 15.5. The Morgan fingerprint density at radius 3 is 2.19 bits per heavy atom. The van der Waals surface area contributed by atoms with E-state index in [-0.39, 0.29) is 16.7 Å². The number of piperidine rings is 1. The topological polar surface area (TPSA) is 66.5 Å². The van der Waals surface area contributed by atoms with Crippen LogP contribution in [0.4, 0.5) is 5.69 Å². The molecule has 6 heteroatoms. The van der Waals surface area contributed by atoms with Crippen LogP contribution in [-0.2, 0) is 14.8 Å². The average molecular weight is 310 g/mol. The maximum absolute atomic E-state index is 12.5. The van der Waals surface area contributed by atoms with Crippen LogP contribution in [0, 0.1) is 5.92 Å². The van der Waals surface area contributed by atoms with Gasteiger partial charge in [0.2, 0.25) is 15.9 Å². The molecule has 1 N–H and O–H groups in total. The van der Waals surface area contributed by atoms with E-state index in [1.165, 1.54) is 4.31 Å². The summed E-state index contributed by atoms with van der Waals surface area (Å²) in [4.78, 5) is 11.9. The minimum Gasteiger partial charge on any atom is -0.326 e. The normalized spacial score (nSPS) is 16.9. The van der Waals surface area contributed by atoms with E-state index in [4.69, 9.17) is 0 Å². The van der Waals surface area contributed by atoms with E-state index in [0.29, 0.717) is 18.8 Å². The first-order chi connectivity index (χ1) is 9.91. The third kappa shape index (κ3) is 3.83. The van der Waals surface area contributed by atoms with Crippen LogP contribution in [-0.4, -0.2) is 31.7 Å². The molecule has 1 aliphatic heterocycles. The van der Waals surface area contributed by atoms with E-state index in [1.54, 1.807) is 24.3 Å². The van der Waals surface area contributed by atoms with Crippen molar-refractivity contribution >= 4 is 21.6 Å². The summed E-state index contributed by atoms with van der Waals surface area (Å²) in [7, 11) is -3.40. The number of amides is 1. The van der Waals surface area contributed by atoms with Crippen LogP contribution in [0.1, 0.15) is 33.1 Å². The highest BCUT2D eigenvalue weighted by Crippen LogP contribution is 2.22. The SMILES string of the molecule is CC(C)C(=O)Nc1ccc(S(=O)(=O)N2CCCCC2)cc1. The van der Waals surface area contributed by atoms with Crippen molar-refractivity contribution in [2.24, 2.45) is 5.92 Å². The first kappa shape index (κ1) is 16.0. The fourth-order valence-electron chi connectivity index (χ4n) is 2.25. The highest BCUT2D eigenvalue weighted by Gasteiger charge is 2.25. The van der Waals surface area contributed by atoms with Gasteiger partial charge >= 0.3 is 0 Å². The van der Waals surface area contributed by atoms with Crippen LogP contribution < -0.4 is 5.32 Å². The Hall–Kier alpha value is -1.40.